The molecule has 5 rings (SSSR count). The highest BCUT2D eigenvalue weighted by atomic mass is 79.9. The van der Waals surface area contributed by atoms with E-state index in [1.54, 1.807) is 36.5 Å². The van der Waals surface area contributed by atoms with Crippen LogP contribution in [0.5, 0.6) is 0 Å². The van der Waals surface area contributed by atoms with Crippen LogP contribution in [-0.2, 0) is 0 Å². The summed E-state index contributed by atoms with van der Waals surface area (Å²) < 4.78 is 6.78. The molecule has 3 heterocycles. The number of para-hydroxylation sites is 1. The maximum absolute atomic E-state index is 13.4. The molecule has 4 aromatic rings. The lowest BCUT2D eigenvalue weighted by Gasteiger charge is -2.24. The van der Waals surface area contributed by atoms with E-state index in [4.69, 9.17) is 4.42 Å². The second kappa shape index (κ2) is 6.67. The Hall–Kier alpha value is -3.25. The molecule has 0 aliphatic carbocycles. The van der Waals surface area contributed by atoms with Gasteiger partial charge in [-0.15, -0.1) is 0 Å². The predicted molar refractivity (Wildman–Crippen MR) is 114 cm³/mol. The van der Waals surface area contributed by atoms with Crippen LogP contribution in [0.3, 0.4) is 0 Å². The number of halogens is 1. The summed E-state index contributed by atoms with van der Waals surface area (Å²) in [4.78, 5) is 32.8. The van der Waals surface area contributed by atoms with E-state index < -0.39 is 6.04 Å². The second-order valence-corrected chi connectivity index (χ2v) is 7.91. The van der Waals surface area contributed by atoms with Crippen LogP contribution in [0.4, 0.5) is 5.82 Å². The summed E-state index contributed by atoms with van der Waals surface area (Å²) in [5.74, 6) is 0.172. The van der Waals surface area contributed by atoms with E-state index in [0.717, 1.165) is 15.6 Å². The van der Waals surface area contributed by atoms with Crippen molar-refractivity contribution >= 4 is 38.6 Å². The van der Waals surface area contributed by atoms with Gasteiger partial charge in [0.15, 0.2) is 5.43 Å². The third kappa shape index (κ3) is 2.79. The predicted octanol–water partition coefficient (Wildman–Crippen LogP) is 5.01. The number of carbonyl (C=O) groups excluding carboxylic acids is 1. The van der Waals surface area contributed by atoms with Gasteiger partial charge in [-0.1, -0.05) is 46.3 Å². The summed E-state index contributed by atoms with van der Waals surface area (Å²) in [7, 11) is 0. The first kappa shape index (κ1) is 17.8. The number of hydrogen-bond donors (Lipinski definition) is 0. The summed E-state index contributed by atoms with van der Waals surface area (Å²) >= 11 is 3.49. The molecule has 1 amide bonds. The fraction of sp³-hybridized carbons (Fsp3) is 0.0870. The minimum Gasteiger partial charge on any atom is -0.450 e. The molecular formula is C23H15BrN2O3. The second-order valence-electron chi connectivity index (χ2n) is 7.00. The number of carbonyl (C=O) groups is 1. The third-order valence-electron chi connectivity index (χ3n) is 5.08. The highest BCUT2D eigenvalue weighted by molar-refractivity contribution is 9.10. The van der Waals surface area contributed by atoms with Crippen molar-refractivity contribution in [3.63, 3.8) is 0 Å². The molecular weight excluding hydrogens is 432 g/mol. The monoisotopic (exact) mass is 446 g/mol. The van der Waals surface area contributed by atoms with E-state index >= 15 is 0 Å². The average Bonchev–Trinajstić information content (AvgIpc) is 3.02. The van der Waals surface area contributed by atoms with E-state index in [-0.39, 0.29) is 17.1 Å². The average molecular weight is 447 g/mol. The van der Waals surface area contributed by atoms with E-state index in [1.165, 1.54) is 4.90 Å². The Balaban J connectivity index is 1.82. The van der Waals surface area contributed by atoms with Gasteiger partial charge in [0, 0.05) is 10.7 Å². The molecule has 0 spiro atoms. The van der Waals surface area contributed by atoms with Gasteiger partial charge in [-0.05, 0) is 48.4 Å². The zero-order chi connectivity index (χ0) is 20.1. The zero-order valence-corrected chi connectivity index (χ0v) is 17.0. The van der Waals surface area contributed by atoms with Gasteiger partial charge in [-0.25, -0.2) is 4.98 Å². The van der Waals surface area contributed by atoms with Crippen LogP contribution in [0, 0.1) is 6.92 Å². The molecule has 1 aliphatic rings. The van der Waals surface area contributed by atoms with Gasteiger partial charge in [-0.2, -0.15) is 0 Å². The number of anilines is 1. The molecule has 29 heavy (non-hydrogen) atoms. The van der Waals surface area contributed by atoms with Crippen molar-refractivity contribution < 1.29 is 9.21 Å². The Morgan fingerprint density at radius 1 is 1.03 bits per heavy atom. The lowest BCUT2D eigenvalue weighted by Crippen LogP contribution is -2.30. The van der Waals surface area contributed by atoms with Crippen LogP contribution in [-0.4, -0.2) is 10.9 Å². The zero-order valence-electron chi connectivity index (χ0n) is 15.4. The Morgan fingerprint density at radius 3 is 2.62 bits per heavy atom. The molecule has 2 aromatic heterocycles. The molecule has 0 saturated carbocycles. The SMILES string of the molecule is Cc1ccc(N2C(=O)c3oc4ccccc4c(=O)c3[C@H]2c2cccc(Br)c2)nc1. The lowest BCUT2D eigenvalue weighted by molar-refractivity contribution is 0.0970. The van der Waals surface area contributed by atoms with Gasteiger partial charge in [0.25, 0.3) is 5.91 Å². The molecule has 1 aliphatic heterocycles. The molecule has 0 radical (unpaired) electrons. The maximum atomic E-state index is 13.4. The first-order chi connectivity index (χ1) is 14.0. The van der Waals surface area contributed by atoms with Gasteiger partial charge in [0.2, 0.25) is 5.76 Å². The smallest absolute Gasteiger partial charge is 0.296 e. The highest BCUT2D eigenvalue weighted by Crippen LogP contribution is 2.40. The number of fused-ring (bicyclic) bond motifs is 2. The quantitative estimate of drug-likeness (QED) is 0.434. The summed E-state index contributed by atoms with van der Waals surface area (Å²) in [6.07, 6.45) is 1.70. The maximum Gasteiger partial charge on any atom is 0.296 e. The Bertz CT molecular complexity index is 1330. The number of rotatable bonds is 2. The van der Waals surface area contributed by atoms with Crippen molar-refractivity contribution in [2.75, 3.05) is 4.90 Å². The van der Waals surface area contributed by atoms with E-state index in [1.807, 2.05) is 37.3 Å². The van der Waals surface area contributed by atoms with Gasteiger partial charge in [0.1, 0.15) is 11.4 Å². The topological polar surface area (TPSA) is 63.4 Å². The number of hydrogen-bond acceptors (Lipinski definition) is 4. The first-order valence-electron chi connectivity index (χ1n) is 9.12. The van der Waals surface area contributed by atoms with Crippen LogP contribution in [0.15, 0.2) is 80.5 Å². The van der Waals surface area contributed by atoms with E-state index in [0.29, 0.717) is 22.4 Å². The third-order valence-corrected chi connectivity index (χ3v) is 5.58. The molecule has 2 aromatic carbocycles. The van der Waals surface area contributed by atoms with Gasteiger partial charge >= 0.3 is 0 Å². The highest BCUT2D eigenvalue weighted by Gasteiger charge is 2.44. The molecule has 142 valence electrons. The normalized spacial score (nSPS) is 15.7. The number of benzene rings is 2. The summed E-state index contributed by atoms with van der Waals surface area (Å²) in [5, 5.41) is 0.456. The van der Waals surface area contributed by atoms with Crippen molar-refractivity contribution in [1.82, 2.24) is 4.98 Å². The van der Waals surface area contributed by atoms with E-state index in [9.17, 15) is 9.59 Å². The fourth-order valence-corrected chi connectivity index (χ4v) is 4.17. The van der Waals surface area contributed by atoms with E-state index in [2.05, 4.69) is 20.9 Å². The molecule has 0 N–H and O–H groups in total. The van der Waals surface area contributed by atoms with Crippen LogP contribution in [0.25, 0.3) is 11.0 Å². The minimum absolute atomic E-state index is 0.0704. The number of aryl methyl sites for hydroxylation is 1. The molecule has 5 nitrogen and oxygen atoms in total. The Labute approximate surface area is 174 Å². The summed E-state index contributed by atoms with van der Waals surface area (Å²) in [5.41, 5.74) is 2.33. The van der Waals surface area contributed by atoms with Gasteiger partial charge in [0.05, 0.1) is 17.0 Å². The van der Waals surface area contributed by atoms with Crippen LogP contribution < -0.4 is 10.3 Å². The van der Waals surface area contributed by atoms with Crippen LogP contribution in [0.1, 0.15) is 33.3 Å². The lowest BCUT2D eigenvalue weighted by atomic mass is 9.98. The van der Waals surface area contributed by atoms with Crippen molar-refractivity contribution in [2.45, 2.75) is 13.0 Å². The van der Waals surface area contributed by atoms with Gasteiger partial charge in [-0.3, -0.25) is 14.5 Å². The van der Waals surface area contributed by atoms with Crippen molar-refractivity contribution in [1.29, 1.82) is 0 Å². The molecule has 0 fully saturated rings. The first-order valence-corrected chi connectivity index (χ1v) is 9.91. The number of pyridine rings is 1. The fourth-order valence-electron chi connectivity index (χ4n) is 3.75. The molecule has 6 heteroatoms. The minimum atomic E-state index is -0.619. The number of aromatic nitrogens is 1. The molecule has 1 atom stereocenters. The van der Waals surface area contributed by atoms with Crippen LogP contribution >= 0.6 is 15.9 Å². The van der Waals surface area contributed by atoms with Gasteiger partial charge < -0.3 is 4.42 Å². The number of amides is 1. The number of nitrogens with zero attached hydrogens (tertiary/aromatic N) is 2. The van der Waals surface area contributed by atoms with Crippen molar-refractivity contribution in [3.05, 3.63) is 104 Å². The van der Waals surface area contributed by atoms with Crippen molar-refractivity contribution in [3.8, 4) is 0 Å². The Morgan fingerprint density at radius 2 is 1.86 bits per heavy atom. The summed E-state index contributed by atoms with van der Waals surface area (Å²) in [6.45, 7) is 1.93. The largest absolute Gasteiger partial charge is 0.450 e. The standard InChI is InChI=1S/C23H15BrN2O3/c1-13-9-10-18(25-12-13)26-20(14-5-4-6-15(24)11-14)19-21(27)16-7-2-3-8-17(16)29-22(19)23(26)28/h2-12,20H,1H3/t20-/m1/s1. The molecule has 0 saturated heterocycles. The Kier molecular flexibility index (Phi) is 4.10. The van der Waals surface area contributed by atoms with Crippen molar-refractivity contribution in [2.24, 2.45) is 0 Å². The summed E-state index contributed by atoms with van der Waals surface area (Å²) in [6, 6.07) is 17.6. The van der Waals surface area contributed by atoms with Crippen LogP contribution in [0.2, 0.25) is 0 Å². The molecule has 0 bridgehead atoms. The molecule has 0 unspecified atom stereocenters.